The first-order chi connectivity index (χ1) is 16.6. The molecular formula is C28H36N4O2. The number of aryl methyl sites for hydroxylation is 1. The molecule has 0 aliphatic carbocycles. The first-order valence-electron chi connectivity index (χ1n) is 12.2. The van der Waals surface area contributed by atoms with Gasteiger partial charge in [-0.05, 0) is 18.9 Å². The molecule has 1 atom stereocenters. The number of nitrogens with zero attached hydrogens (tertiary/aromatic N) is 4. The summed E-state index contributed by atoms with van der Waals surface area (Å²) in [5.74, 6) is 1.73. The van der Waals surface area contributed by atoms with Crippen LogP contribution in [0.5, 0.6) is 0 Å². The number of β-amino-alcohol motifs (C(OH)–C–C–N with tert-alkyl or cyclic N) is 1. The largest absolute Gasteiger partial charge is 0.392 e. The molecule has 1 aromatic heterocycles. The van der Waals surface area contributed by atoms with E-state index < -0.39 is 0 Å². The fourth-order valence-corrected chi connectivity index (χ4v) is 4.41. The van der Waals surface area contributed by atoms with Gasteiger partial charge >= 0.3 is 0 Å². The van der Waals surface area contributed by atoms with Gasteiger partial charge in [-0.3, -0.25) is 4.90 Å². The van der Waals surface area contributed by atoms with Crippen molar-refractivity contribution in [2.45, 2.75) is 39.4 Å². The Morgan fingerprint density at radius 3 is 2.32 bits per heavy atom. The average Bonchev–Trinajstić information content (AvgIpc) is 2.87. The molecule has 180 valence electrons. The van der Waals surface area contributed by atoms with Crippen LogP contribution in [-0.4, -0.2) is 65.9 Å². The lowest BCUT2D eigenvalue weighted by atomic mass is 10.0. The Morgan fingerprint density at radius 1 is 0.971 bits per heavy atom. The third kappa shape index (κ3) is 6.00. The maximum absolute atomic E-state index is 10.1. The zero-order valence-electron chi connectivity index (χ0n) is 20.6. The molecule has 2 heterocycles. The number of anilines is 1. The normalized spacial score (nSPS) is 15.5. The predicted molar refractivity (Wildman–Crippen MR) is 137 cm³/mol. The molecule has 2 aromatic carbocycles. The van der Waals surface area contributed by atoms with Crippen molar-refractivity contribution in [2.24, 2.45) is 0 Å². The zero-order chi connectivity index (χ0) is 23.9. The summed E-state index contributed by atoms with van der Waals surface area (Å²) in [6.07, 6.45) is 1.28. The Labute approximate surface area is 203 Å². The molecule has 0 radical (unpaired) electrons. The molecule has 0 amide bonds. The predicted octanol–water partition coefficient (Wildman–Crippen LogP) is 4.08. The molecule has 0 bridgehead atoms. The maximum atomic E-state index is 10.1. The SMILES string of the molecule is CC[C@H](O)CN1CCN(c2nc(-c3ccccc3)nc(COC)c2Cc2ccc(C)cc2)CC1. The van der Waals surface area contributed by atoms with Crippen LogP contribution in [0, 0.1) is 6.92 Å². The Hall–Kier alpha value is -2.80. The lowest BCUT2D eigenvalue weighted by molar-refractivity contribution is 0.106. The monoisotopic (exact) mass is 460 g/mol. The van der Waals surface area contributed by atoms with Crippen molar-refractivity contribution in [3.63, 3.8) is 0 Å². The van der Waals surface area contributed by atoms with Crippen molar-refractivity contribution >= 4 is 5.82 Å². The topological polar surface area (TPSA) is 61.7 Å². The number of rotatable bonds is 9. The van der Waals surface area contributed by atoms with E-state index in [1.54, 1.807) is 7.11 Å². The third-order valence-corrected chi connectivity index (χ3v) is 6.50. The number of hydrogen-bond donors (Lipinski definition) is 1. The molecule has 34 heavy (non-hydrogen) atoms. The highest BCUT2D eigenvalue weighted by atomic mass is 16.5. The lowest BCUT2D eigenvalue weighted by Gasteiger charge is -2.37. The molecule has 6 nitrogen and oxygen atoms in total. The van der Waals surface area contributed by atoms with E-state index in [0.717, 1.165) is 74.0 Å². The highest BCUT2D eigenvalue weighted by Crippen LogP contribution is 2.29. The van der Waals surface area contributed by atoms with Crippen LogP contribution in [0.25, 0.3) is 11.4 Å². The van der Waals surface area contributed by atoms with E-state index in [2.05, 4.69) is 53.1 Å². The number of aliphatic hydroxyl groups excluding tert-OH is 1. The van der Waals surface area contributed by atoms with Gasteiger partial charge in [0.15, 0.2) is 5.82 Å². The second-order valence-electron chi connectivity index (χ2n) is 9.11. The van der Waals surface area contributed by atoms with Gasteiger partial charge in [0, 0.05) is 57.4 Å². The van der Waals surface area contributed by atoms with Crippen LogP contribution in [0.15, 0.2) is 54.6 Å². The van der Waals surface area contributed by atoms with Crippen LogP contribution in [0.2, 0.25) is 0 Å². The van der Waals surface area contributed by atoms with Gasteiger partial charge in [-0.25, -0.2) is 9.97 Å². The van der Waals surface area contributed by atoms with E-state index in [-0.39, 0.29) is 6.10 Å². The highest BCUT2D eigenvalue weighted by Gasteiger charge is 2.25. The van der Waals surface area contributed by atoms with Gasteiger partial charge in [0.25, 0.3) is 0 Å². The summed E-state index contributed by atoms with van der Waals surface area (Å²) in [7, 11) is 1.72. The van der Waals surface area contributed by atoms with Crippen LogP contribution in [0.4, 0.5) is 5.82 Å². The van der Waals surface area contributed by atoms with E-state index in [1.807, 2.05) is 25.1 Å². The highest BCUT2D eigenvalue weighted by molar-refractivity contribution is 5.61. The molecule has 1 N–H and O–H groups in total. The van der Waals surface area contributed by atoms with Gasteiger partial charge in [-0.1, -0.05) is 67.1 Å². The van der Waals surface area contributed by atoms with Crippen LogP contribution >= 0.6 is 0 Å². The van der Waals surface area contributed by atoms with Gasteiger partial charge in [0.2, 0.25) is 0 Å². The second kappa shape index (κ2) is 11.6. The van der Waals surface area contributed by atoms with Crippen molar-refractivity contribution in [3.8, 4) is 11.4 Å². The number of ether oxygens (including phenoxy) is 1. The minimum atomic E-state index is -0.263. The summed E-state index contributed by atoms with van der Waals surface area (Å²) in [4.78, 5) is 14.8. The van der Waals surface area contributed by atoms with E-state index in [0.29, 0.717) is 6.61 Å². The molecular weight excluding hydrogens is 424 g/mol. The lowest BCUT2D eigenvalue weighted by Crippen LogP contribution is -2.49. The second-order valence-corrected chi connectivity index (χ2v) is 9.11. The van der Waals surface area contributed by atoms with Crippen molar-refractivity contribution in [2.75, 3.05) is 44.7 Å². The number of benzene rings is 2. The van der Waals surface area contributed by atoms with Crippen LogP contribution in [-0.2, 0) is 17.8 Å². The molecule has 0 spiro atoms. The number of aromatic nitrogens is 2. The fourth-order valence-electron chi connectivity index (χ4n) is 4.41. The molecule has 3 aromatic rings. The van der Waals surface area contributed by atoms with Gasteiger partial charge < -0.3 is 14.7 Å². The summed E-state index contributed by atoms with van der Waals surface area (Å²) in [5, 5.41) is 10.1. The van der Waals surface area contributed by atoms with E-state index in [1.165, 1.54) is 11.1 Å². The number of piperazine rings is 1. The summed E-state index contributed by atoms with van der Waals surface area (Å²) < 4.78 is 5.59. The minimum Gasteiger partial charge on any atom is -0.392 e. The molecule has 0 unspecified atom stereocenters. The van der Waals surface area contributed by atoms with Crippen molar-refractivity contribution in [1.29, 1.82) is 0 Å². The summed E-state index contributed by atoms with van der Waals surface area (Å²) in [6.45, 7) is 8.87. The van der Waals surface area contributed by atoms with Crippen LogP contribution in [0.1, 0.15) is 35.7 Å². The summed E-state index contributed by atoms with van der Waals surface area (Å²) in [6, 6.07) is 18.8. The fraction of sp³-hybridized carbons (Fsp3) is 0.429. The quantitative estimate of drug-likeness (QED) is 0.519. The van der Waals surface area contributed by atoms with Gasteiger partial charge in [-0.15, -0.1) is 0 Å². The minimum absolute atomic E-state index is 0.263. The van der Waals surface area contributed by atoms with E-state index >= 15 is 0 Å². The summed E-state index contributed by atoms with van der Waals surface area (Å²) >= 11 is 0. The Morgan fingerprint density at radius 2 is 1.68 bits per heavy atom. The Kier molecular flexibility index (Phi) is 8.27. The summed E-state index contributed by atoms with van der Waals surface area (Å²) in [5.41, 5.74) is 5.57. The van der Waals surface area contributed by atoms with Gasteiger partial charge in [0.1, 0.15) is 5.82 Å². The average molecular weight is 461 g/mol. The standard InChI is InChI=1S/C28H36N4O2/c1-4-24(33)19-31-14-16-32(17-15-31)28-25(18-22-12-10-21(2)11-13-22)26(20-34-3)29-27(30-28)23-8-6-5-7-9-23/h5-13,24,33H,4,14-20H2,1-3H3/t24-/m0/s1. The van der Waals surface area contributed by atoms with Crippen LogP contribution in [0.3, 0.4) is 0 Å². The van der Waals surface area contributed by atoms with Gasteiger partial charge in [0.05, 0.1) is 18.4 Å². The first kappa shape index (κ1) is 24.3. The Bertz CT molecular complexity index is 1050. The number of methoxy groups -OCH3 is 1. The number of aliphatic hydroxyl groups is 1. The van der Waals surface area contributed by atoms with E-state index in [4.69, 9.17) is 14.7 Å². The molecule has 1 fully saturated rings. The molecule has 1 aliphatic rings. The van der Waals surface area contributed by atoms with E-state index in [9.17, 15) is 5.11 Å². The van der Waals surface area contributed by atoms with Crippen molar-refractivity contribution in [3.05, 3.63) is 77.0 Å². The first-order valence-corrected chi connectivity index (χ1v) is 12.2. The number of hydrogen-bond acceptors (Lipinski definition) is 6. The van der Waals surface area contributed by atoms with Gasteiger partial charge in [-0.2, -0.15) is 0 Å². The smallest absolute Gasteiger partial charge is 0.161 e. The molecule has 1 aliphatic heterocycles. The molecule has 4 rings (SSSR count). The molecule has 1 saturated heterocycles. The van der Waals surface area contributed by atoms with Crippen molar-refractivity contribution in [1.82, 2.24) is 14.9 Å². The zero-order valence-corrected chi connectivity index (χ0v) is 20.6. The van der Waals surface area contributed by atoms with Crippen molar-refractivity contribution < 1.29 is 9.84 Å². The van der Waals surface area contributed by atoms with Crippen LogP contribution < -0.4 is 4.90 Å². The molecule has 0 saturated carbocycles. The third-order valence-electron chi connectivity index (χ3n) is 6.50. The maximum Gasteiger partial charge on any atom is 0.161 e. The molecule has 6 heteroatoms. The Balaban J connectivity index is 1.70.